The predicted molar refractivity (Wildman–Crippen MR) is 69.7 cm³/mol. The van der Waals surface area contributed by atoms with Crippen LogP contribution in [-0.4, -0.2) is 23.9 Å². The molecule has 2 nitrogen and oxygen atoms in total. The zero-order valence-corrected chi connectivity index (χ0v) is 10.6. The smallest absolute Gasteiger partial charge is 0.219 e. The average Bonchev–Trinajstić information content (AvgIpc) is 2.56. The Morgan fingerprint density at radius 3 is 2.71 bits per heavy atom. The minimum atomic E-state index is 0.227. The van der Waals surface area contributed by atoms with Crippen LogP contribution in [0.1, 0.15) is 31.7 Å². The second-order valence-electron chi connectivity index (χ2n) is 4.99. The van der Waals surface area contributed by atoms with Crippen molar-refractivity contribution in [2.24, 2.45) is 5.92 Å². The molecule has 0 N–H and O–H groups in total. The van der Waals surface area contributed by atoms with E-state index in [1.807, 2.05) is 4.90 Å². The average molecular weight is 231 g/mol. The molecule has 0 aliphatic carbocycles. The molecule has 92 valence electrons. The van der Waals surface area contributed by atoms with Crippen LogP contribution in [0.15, 0.2) is 30.3 Å². The quantitative estimate of drug-likeness (QED) is 0.766. The van der Waals surface area contributed by atoms with Gasteiger partial charge in [-0.05, 0) is 37.2 Å². The summed E-state index contributed by atoms with van der Waals surface area (Å²) in [5.74, 6) is 0.965. The molecular formula is C15H21NO. The number of hydrogen-bond acceptors (Lipinski definition) is 1. The SMILES string of the molecule is CC(=O)N1CCCC(Cc2ccccc2)CC1. The zero-order valence-electron chi connectivity index (χ0n) is 10.6. The van der Waals surface area contributed by atoms with Crippen LogP contribution in [0.3, 0.4) is 0 Å². The first-order valence-corrected chi connectivity index (χ1v) is 6.55. The summed E-state index contributed by atoms with van der Waals surface area (Å²) in [7, 11) is 0. The minimum absolute atomic E-state index is 0.227. The zero-order chi connectivity index (χ0) is 12.1. The summed E-state index contributed by atoms with van der Waals surface area (Å²) >= 11 is 0. The molecule has 1 amide bonds. The van der Waals surface area contributed by atoms with Gasteiger partial charge in [0.1, 0.15) is 0 Å². The predicted octanol–water partition coefficient (Wildman–Crippen LogP) is 2.88. The molecule has 0 aromatic heterocycles. The van der Waals surface area contributed by atoms with Gasteiger partial charge < -0.3 is 4.90 Å². The highest BCUT2D eigenvalue weighted by atomic mass is 16.2. The fourth-order valence-corrected chi connectivity index (χ4v) is 2.63. The summed E-state index contributed by atoms with van der Waals surface area (Å²) < 4.78 is 0. The van der Waals surface area contributed by atoms with Crippen LogP contribution in [0, 0.1) is 5.92 Å². The maximum atomic E-state index is 11.3. The maximum Gasteiger partial charge on any atom is 0.219 e. The van der Waals surface area contributed by atoms with E-state index in [4.69, 9.17) is 0 Å². The van der Waals surface area contributed by atoms with Crippen molar-refractivity contribution in [3.05, 3.63) is 35.9 Å². The Kier molecular flexibility index (Phi) is 4.18. The molecule has 1 aromatic rings. The number of hydrogen-bond donors (Lipinski definition) is 0. The van der Waals surface area contributed by atoms with E-state index in [1.54, 1.807) is 6.92 Å². The fraction of sp³-hybridized carbons (Fsp3) is 0.533. The van der Waals surface area contributed by atoms with Crippen molar-refractivity contribution in [2.45, 2.75) is 32.6 Å². The third-order valence-corrected chi connectivity index (χ3v) is 3.66. The highest BCUT2D eigenvalue weighted by Crippen LogP contribution is 2.21. The second-order valence-corrected chi connectivity index (χ2v) is 4.99. The van der Waals surface area contributed by atoms with Crippen LogP contribution < -0.4 is 0 Å². The van der Waals surface area contributed by atoms with Gasteiger partial charge in [0.2, 0.25) is 5.91 Å². The van der Waals surface area contributed by atoms with Crippen LogP contribution in [0.2, 0.25) is 0 Å². The number of likely N-dealkylation sites (tertiary alicyclic amines) is 1. The molecule has 2 rings (SSSR count). The molecule has 0 spiro atoms. The summed E-state index contributed by atoms with van der Waals surface area (Å²) in [6, 6.07) is 10.7. The second kappa shape index (κ2) is 5.85. The van der Waals surface area contributed by atoms with Crippen LogP contribution in [0.25, 0.3) is 0 Å². The highest BCUT2D eigenvalue weighted by Gasteiger charge is 2.18. The van der Waals surface area contributed by atoms with Gasteiger partial charge >= 0.3 is 0 Å². The number of amides is 1. The lowest BCUT2D eigenvalue weighted by Crippen LogP contribution is -2.29. The number of nitrogens with zero attached hydrogens (tertiary/aromatic N) is 1. The van der Waals surface area contributed by atoms with Crippen molar-refractivity contribution in [3.8, 4) is 0 Å². The normalized spacial score (nSPS) is 21.0. The van der Waals surface area contributed by atoms with Gasteiger partial charge in [-0.2, -0.15) is 0 Å². The first kappa shape index (κ1) is 12.2. The van der Waals surface area contributed by atoms with E-state index in [2.05, 4.69) is 30.3 Å². The van der Waals surface area contributed by atoms with Crippen molar-refractivity contribution < 1.29 is 4.79 Å². The summed E-state index contributed by atoms with van der Waals surface area (Å²) in [4.78, 5) is 13.3. The molecule has 1 aliphatic heterocycles. The summed E-state index contributed by atoms with van der Waals surface area (Å²) in [6.07, 6.45) is 4.71. The van der Waals surface area contributed by atoms with Gasteiger partial charge in [0.15, 0.2) is 0 Å². The summed E-state index contributed by atoms with van der Waals surface area (Å²) in [5.41, 5.74) is 1.42. The Morgan fingerprint density at radius 2 is 2.00 bits per heavy atom. The fourth-order valence-electron chi connectivity index (χ4n) is 2.63. The molecule has 0 radical (unpaired) electrons. The molecule has 1 fully saturated rings. The van der Waals surface area contributed by atoms with E-state index in [9.17, 15) is 4.79 Å². The molecule has 1 atom stereocenters. The van der Waals surface area contributed by atoms with Crippen molar-refractivity contribution in [1.82, 2.24) is 4.90 Å². The maximum absolute atomic E-state index is 11.3. The first-order valence-electron chi connectivity index (χ1n) is 6.55. The van der Waals surface area contributed by atoms with E-state index in [-0.39, 0.29) is 5.91 Å². The standard InChI is InChI=1S/C15H21NO/c1-13(17)16-10-5-8-15(9-11-16)12-14-6-3-2-4-7-14/h2-4,6-7,15H,5,8-12H2,1H3. The third kappa shape index (κ3) is 3.58. The van der Waals surface area contributed by atoms with E-state index >= 15 is 0 Å². The summed E-state index contributed by atoms with van der Waals surface area (Å²) in [6.45, 7) is 3.56. The van der Waals surface area contributed by atoms with E-state index in [1.165, 1.54) is 12.0 Å². The van der Waals surface area contributed by atoms with Crippen LogP contribution in [-0.2, 0) is 11.2 Å². The monoisotopic (exact) mass is 231 g/mol. The Labute approximate surface area is 104 Å². The van der Waals surface area contributed by atoms with Gasteiger partial charge in [-0.25, -0.2) is 0 Å². The Bertz CT molecular complexity index is 360. The van der Waals surface area contributed by atoms with Gasteiger partial charge in [0.25, 0.3) is 0 Å². The van der Waals surface area contributed by atoms with Gasteiger partial charge in [0.05, 0.1) is 0 Å². The van der Waals surface area contributed by atoms with Crippen LogP contribution in [0.5, 0.6) is 0 Å². The van der Waals surface area contributed by atoms with Gasteiger partial charge in [-0.3, -0.25) is 4.79 Å². The van der Waals surface area contributed by atoms with Crippen molar-refractivity contribution >= 4 is 5.91 Å². The van der Waals surface area contributed by atoms with Crippen molar-refractivity contribution in [1.29, 1.82) is 0 Å². The van der Waals surface area contributed by atoms with Gasteiger partial charge in [-0.1, -0.05) is 30.3 Å². The van der Waals surface area contributed by atoms with Gasteiger partial charge in [0, 0.05) is 20.0 Å². The Hall–Kier alpha value is -1.31. The minimum Gasteiger partial charge on any atom is -0.343 e. The van der Waals surface area contributed by atoms with E-state index in [0.29, 0.717) is 0 Å². The van der Waals surface area contributed by atoms with Crippen molar-refractivity contribution in [2.75, 3.05) is 13.1 Å². The summed E-state index contributed by atoms with van der Waals surface area (Å²) in [5, 5.41) is 0. The number of rotatable bonds is 2. The largest absolute Gasteiger partial charge is 0.343 e. The number of carbonyl (C=O) groups excluding carboxylic acids is 1. The highest BCUT2D eigenvalue weighted by molar-refractivity contribution is 5.73. The molecule has 2 heteroatoms. The Balaban J connectivity index is 1.89. The number of carbonyl (C=O) groups is 1. The van der Waals surface area contributed by atoms with E-state index < -0.39 is 0 Å². The molecule has 1 aliphatic rings. The number of benzene rings is 1. The lowest BCUT2D eigenvalue weighted by molar-refractivity contribution is -0.128. The lowest BCUT2D eigenvalue weighted by Gasteiger charge is -2.18. The molecule has 17 heavy (non-hydrogen) atoms. The lowest BCUT2D eigenvalue weighted by atomic mass is 9.93. The molecule has 1 saturated heterocycles. The van der Waals surface area contributed by atoms with Crippen molar-refractivity contribution in [3.63, 3.8) is 0 Å². The topological polar surface area (TPSA) is 20.3 Å². The molecule has 0 saturated carbocycles. The first-order chi connectivity index (χ1) is 8.25. The van der Waals surface area contributed by atoms with Crippen LogP contribution in [0.4, 0.5) is 0 Å². The van der Waals surface area contributed by atoms with Crippen LogP contribution >= 0.6 is 0 Å². The molecule has 1 heterocycles. The molecule has 0 bridgehead atoms. The molecule has 1 aromatic carbocycles. The molecule has 1 unspecified atom stereocenters. The van der Waals surface area contributed by atoms with E-state index in [0.717, 1.165) is 38.3 Å². The third-order valence-electron chi connectivity index (χ3n) is 3.66. The molecular weight excluding hydrogens is 210 g/mol. The van der Waals surface area contributed by atoms with Gasteiger partial charge in [-0.15, -0.1) is 0 Å². The Morgan fingerprint density at radius 1 is 1.24 bits per heavy atom.